The molecule has 3 N–H and O–H groups in total. The van der Waals surface area contributed by atoms with Crippen LogP contribution in [0.2, 0.25) is 0 Å². The van der Waals surface area contributed by atoms with Gasteiger partial charge in [-0.3, -0.25) is 10.1 Å². The van der Waals surface area contributed by atoms with Gasteiger partial charge in [-0.25, -0.2) is 0 Å². The molecule has 4 nitrogen and oxygen atoms in total. The maximum Gasteiger partial charge on any atom is 0.321 e. The molecule has 0 aromatic carbocycles. The molecule has 3 atom stereocenters. The van der Waals surface area contributed by atoms with Crippen molar-refractivity contribution in [2.24, 2.45) is 5.92 Å². The minimum Gasteiger partial charge on any atom is -0.480 e. The van der Waals surface area contributed by atoms with Crippen molar-refractivity contribution in [3.8, 4) is 0 Å². The number of aliphatic carboxylic acids is 1. The van der Waals surface area contributed by atoms with Gasteiger partial charge in [-0.05, 0) is 12.8 Å². The van der Waals surface area contributed by atoms with Crippen LogP contribution in [0.15, 0.2) is 0 Å². The zero-order chi connectivity index (χ0) is 9.72. The molecule has 3 unspecified atom stereocenters. The van der Waals surface area contributed by atoms with Crippen LogP contribution in [-0.2, 0) is 4.79 Å². The predicted octanol–water partition coefficient (Wildman–Crippen LogP) is 0.414. The van der Waals surface area contributed by atoms with Gasteiger partial charge in [0.1, 0.15) is 12.3 Å². The van der Waals surface area contributed by atoms with Crippen molar-refractivity contribution < 1.29 is 15.0 Å². The molecule has 0 bridgehead atoms. The number of aliphatic hydroxyl groups excluding tert-OH is 1. The number of nitrogens with one attached hydrogen (secondary N) is 1. The summed E-state index contributed by atoms with van der Waals surface area (Å²) < 4.78 is 0. The highest BCUT2D eigenvalue weighted by molar-refractivity contribution is 5.73. The molecule has 0 aliphatic heterocycles. The van der Waals surface area contributed by atoms with Crippen LogP contribution in [0.3, 0.4) is 0 Å². The van der Waals surface area contributed by atoms with E-state index in [9.17, 15) is 4.79 Å². The molecule has 0 radical (unpaired) electrons. The van der Waals surface area contributed by atoms with Gasteiger partial charge in [0.25, 0.3) is 0 Å². The summed E-state index contributed by atoms with van der Waals surface area (Å²) in [5, 5.41) is 20.3. The van der Waals surface area contributed by atoms with E-state index in [0.29, 0.717) is 0 Å². The molecule has 0 aromatic heterocycles. The number of hydrogen-bond acceptors (Lipinski definition) is 3. The van der Waals surface area contributed by atoms with Gasteiger partial charge < -0.3 is 10.2 Å². The van der Waals surface area contributed by atoms with Crippen LogP contribution in [0.4, 0.5) is 0 Å². The zero-order valence-electron chi connectivity index (χ0n) is 7.74. The van der Waals surface area contributed by atoms with E-state index in [4.69, 9.17) is 10.2 Å². The topological polar surface area (TPSA) is 69.6 Å². The number of hydrogen-bond donors (Lipinski definition) is 3. The van der Waals surface area contributed by atoms with Crippen molar-refractivity contribution in [2.75, 3.05) is 0 Å². The van der Waals surface area contributed by atoms with Crippen molar-refractivity contribution in [1.29, 1.82) is 0 Å². The van der Waals surface area contributed by atoms with E-state index in [1.807, 2.05) is 13.8 Å². The molecule has 0 aliphatic rings. The Labute approximate surface area is 72.6 Å². The fourth-order valence-corrected chi connectivity index (χ4v) is 0.975. The molecular formula is C8H17NO3. The van der Waals surface area contributed by atoms with E-state index in [0.717, 1.165) is 6.42 Å². The average Bonchev–Trinajstić information content (AvgIpc) is 1.98. The highest BCUT2D eigenvalue weighted by Crippen LogP contribution is 2.07. The summed E-state index contributed by atoms with van der Waals surface area (Å²) in [5.41, 5.74) is 0. The van der Waals surface area contributed by atoms with Gasteiger partial charge in [0, 0.05) is 0 Å². The highest BCUT2D eigenvalue weighted by Gasteiger charge is 2.23. The first-order valence-electron chi connectivity index (χ1n) is 4.16. The second kappa shape index (κ2) is 5.11. The van der Waals surface area contributed by atoms with Crippen molar-refractivity contribution in [2.45, 2.75) is 39.5 Å². The van der Waals surface area contributed by atoms with Gasteiger partial charge in [-0.2, -0.15) is 0 Å². The first kappa shape index (κ1) is 11.4. The number of rotatable bonds is 5. The molecule has 0 heterocycles. The Morgan fingerprint density at radius 2 is 2.00 bits per heavy atom. The first-order valence-corrected chi connectivity index (χ1v) is 4.16. The van der Waals surface area contributed by atoms with Crippen molar-refractivity contribution in [1.82, 2.24) is 5.32 Å². The minimum atomic E-state index is -0.912. The molecule has 4 heteroatoms. The van der Waals surface area contributed by atoms with E-state index in [1.165, 1.54) is 6.92 Å². The molecule has 12 heavy (non-hydrogen) atoms. The monoisotopic (exact) mass is 175 g/mol. The molecule has 0 fully saturated rings. The summed E-state index contributed by atoms with van der Waals surface area (Å²) in [5.74, 6) is -0.887. The third-order valence-electron chi connectivity index (χ3n) is 1.90. The Bertz CT molecular complexity index is 147. The van der Waals surface area contributed by atoms with Gasteiger partial charge in [-0.15, -0.1) is 0 Å². The van der Waals surface area contributed by atoms with Crippen molar-refractivity contribution in [3.05, 3.63) is 0 Å². The maximum absolute atomic E-state index is 10.7. The Balaban J connectivity index is 4.13. The van der Waals surface area contributed by atoms with Crippen LogP contribution < -0.4 is 5.32 Å². The van der Waals surface area contributed by atoms with Crippen LogP contribution in [0.25, 0.3) is 0 Å². The third kappa shape index (κ3) is 3.69. The molecule has 0 saturated heterocycles. The van der Waals surface area contributed by atoms with Crippen LogP contribution in [-0.4, -0.2) is 28.5 Å². The van der Waals surface area contributed by atoms with Crippen LogP contribution >= 0.6 is 0 Å². The van der Waals surface area contributed by atoms with Gasteiger partial charge in [0.05, 0.1) is 0 Å². The second-order valence-electron chi connectivity index (χ2n) is 3.04. The molecular weight excluding hydrogens is 158 g/mol. The average molecular weight is 175 g/mol. The molecule has 0 aromatic rings. The number of aliphatic hydroxyl groups is 1. The lowest BCUT2D eigenvalue weighted by Gasteiger charge is -2.21. The highest BCUT2D eigenvalue weighted by atomic mass is 16.4. The smallest absolute Gasteiger partial charge is 0.321 e. The number of carboxylic acids is 1. The lowest BCUT2D eigenvalue weighted by Crippen LogP contribution is -2.45. The van der Waals surface area contributed by atoms with Gasteiger partial charge in [-0.1, -0.05) is 20.3 Å². The molecule has 0 aliphatic carbocycles. The molecule has 72 valence electrons. The molecule has 0 amide bonds. The largest absolute Gasteiger partial charge is 0.480 e. The van der Waals surface area contributed by atoms with E-state index in [-0.39, 0.29) is 5.92 Å². The Kier molecular flexibility index (Phi) is 4.85. The summed E-state index contributed by atoms with van der Waals surface area (Å²) >= 11 is 0. The van der Waals surface area contributed by atoms with Crippen LogP contribution in [0.1, 0.15) is 27.2 Å². The Hall–Kier alpha value is -0.610. The summed E-state index contributed by atoms with van der Waals surface area (Å²) in [6.07, 6.45) is -0.00319. The minimum absolute atomic E-state index is 0.0251. The quantitative estimate of drug-likeness (QED) is 0.529. The molecule has 0 spiro atoms. The standard InChI is InChI=1S/C8H17NO3/c1-4-5(2)7(8(11)12)9-6(3)10/h5-7,9-10H,4H2,1-3H3,(H,11,12). The van der Waals surface area contributed by atoms with Crippen molar-refractivity contribution >= 4 is 5.97 Å². The Morgan fingerprint density at radius 1 is 1.50 bits per heavy atom. The van der Waals surface area contributed by atoms with Gasteiger partial charge in [0.15, 0.2) is 0 Å². The number of carboxylic acid groups (broad SMARTS) is 1. The summed E-state index contributed by atoms with van der Waals surface area (Å²) in [4.78, 5) is 10.7. The Morgan fingerprint density at radius 3 is 2.25 bits per heavy atom. The predicted molar refractivity (Wildman–Crippen MR) is 45.7 cm³/mol. The lowest BCUT2D eigenvalue weighted by molar-refractivity contribution is -0.142. The maximum atomic E-state index is 10.7. The van der Waals surface area contributed by atoms with E-state index < -0.39 is 18.2 Å². The molecule has 0 saturated carbocycles. The summed E-state index contributed by atoms with van der Waals surface area (Å²) in [7, 11) is 0. The second-order valence-corrected chi connectivity index (χ2v) is 3.04. The lowest BCUT2D eigenvalue weighted by atomic mass is 9.99. The zero-order valence-corrected chi connectivity index (χ0v) is 7.74. The first-order chi connectivity index (χ1) is 5.49. The van der Waals surface area contributed by atoms with Crippen molar-refractivity contribution in [3.63, 3.8) is 0 Å². The normalized spacial score (nSPS) is 18.3. The fraction of sp³-hybridized carbons (Fsp3) is 0.875. The number of carbonyl (C=O) groups is 1. The van der Waals surface area contributed by atoms with E-state index >= 15 is 0 Å². The van der Waals surface area contributed by atoms with Gasteiger partial charge in [0.2, 0.25) is 0 Å². The SMILES string of the molecule is CCC(C)C(NC(C)O)C(=O)O. The molecule has 0 rings (SSSR count). The summed E-state index contributed by atoms with van der Waals surface area (Å²) in [6, 6.07) is -0.657. The third-order valence-corrected chi connectivity index (χ3v) is 1.90. The van der Waals surface area contributed by atoms with Crippen LogP contribution in [0, 0.1) is 5.92 Å². The van der Waals surface area contributed by atoms with E-state index in [1.54, 1.807) is 0 Å². The van der Waals surface area contributed by atoms with E-state index in [2.05, 4.69) is 5.32 Å². The van der Waals surface area contributed by atoms with Gasteiger partial charge >= 0.3 is 5.97 Å². The fourth-order valence-electron chi connectivity index (χ4n) is 0.975. The van der Waals surface area contributed by atoms with Crippen LogP contribution in [0.5, 0.6) is 0 Å². The summed E-state index contributed by atoms with van der Waals surface area (Å²) in [6.45, 7) is 5.27.